The third kappa shape index (κ3) is 3.57. The molecule has 0 spiro atoms. The first kappa shape index (κ1) is 17.9. The number of carbonyl (C=O) groups is 1. The van der Waals surface area contributed by atoms with Gasteiger partial charge in [-0.3, -0.25) is 4.79 Å². The zero-order valence-electron chi connectivity index (χ0n) is 14.1. The number of hydrogen-bond acceptors (Lipinski definition) is 4. The summed E-state index contributed by atoms with van der Waals surface area (Å²) in [5.41, 5.74) is 2.06. The number of halogens is 1. The molecular weight excluding hydrogens is 362 g/mol. The topological polar surface area (TPSA) is 72.3 Å². The van der Waals surface area contributed by atoms with Crippen LogP contribution in [0.5, 0.6) is 0 Å². The molecule has 2 heterocycles. The van der Waals surface area contributed by atoms with Crippen molar-refractivity contribution in [3.05, 3.63) is 46.7 Å². The minimum absolute atomic E-state index is 0.0269. The van der Waals surface area contributed by atoms with Gasteiger partial charge in [0.15, 0.2) is 9.84 Å². The Morgan fingerprint density at radius 3 is 2.80 bits per heavy atom. The van der Waals surface area contributed by atoms with Crippen LogP contribution >= 0.6 is 11.6 Å². The number of sulfone groups is 1. The highest BCUT2D eigenvalue weighted by Gasteiger charge is 2.34. The van der Waals surface area contributed by atoms with Crippen LogP contribution in [0.4, 0.5) is 0 Å². The van der Waals surface area contributed by atoms with Crippen molar-refractivity contribution in [3.8, 4) is 5.69 Å². The summed E-state index contributed by atoms with van der Waals surface area (Å²) < 4.78 is 25.1. The molecule has 1 aromatic carbocycles. The first-order chi connectivity index (χ1) is 11.8. The van der Waals surface area contributed by atoms with E-state index >= 15 is 0 Å². The van der Waals surface area contributed by atoms with Gasteiger partial charge in [-0.05, 0) is 31.0 Å². The number of hydrogen-bond donors (Lipinski definition) is 0. The maximum absolute atomic E-state index is 12.9. The largest absolute Gasteiger partial charge is 0.338 e. The van der Waals surface area contributed by atoms with Crippen molar-refractivity contribution in [1.29, 1.82) is 0 Å². The van der Waals surface area contributed by atoms with Gasteiger partial charge in [0, 0.05) is 18.1 Å². The van der Waals surface area contributed by atoms with Crippen molar-refractivity contribution in [1.82, 2.24) is 14.7 Å². The average molecular weight is 382 g/mol. The second-order valence-electron chi connectivity index (χ2n) is 6.22. The molecule has 1 aliphatic rings. The van der Waals surface area contributed by atoms with Crippen LogP contribution in [0.15, 0.2) is 30.5 Å². The molecular formula is C17H20ClN3O3S. The maximum atomic E-state index is 12.9. The summed E-state index contributed by atoms with van der Waals surface area (Å²) >= 11 is 6.05. The molecule has 0 radical (unpaired) electrons. The summed E-state index contributed by atoms with van der Waals surface area (Å²) in [4.78, 5) is 14.4. The number of rotatable bonds is 4. The van der Waals surface area contributed by atoms with Gasteiger partial charge in [-0.1, -0.05) is 24.6 Å². The first-order valence-electron chi connectivity index (χ1n) is 8.13. The quantitative estimate of drug-likeness (QED) is 0.814. The Morgan fingerprint density at radius 1 is 1.44 bits per heavy atom. The number of amides is 1. The van der Waals surface area contributed by atoms with Crippen LogP contribution in [0.1, 0.15) is 29.4 Å². The minimum Gasteiger partial charge on any atom is -0.338 e. The molecule has 1 unspecified atom stereocenters. The number of benzene rings is 1. The molecule has 0 bridgehead atoms. The van der Waals surface area contributed by atoms with E-state index in [1.807, 2.05) is 19.1 Å². The Kier molecular flexibility index (Phi) is 4.88. The average Bonchev–Trinajstić information content (AvgIpc) is 3.16. The van der Waals surface area contributed by atoms with Gasteiger partial charge >= 0.3 is 0 Å². The molecule has 1 aromatic heterocycles. The van der Waals surface area contributed by atoms with Gasteiger partial charge < -0.3 is 4.90 Å². The Balaban J connectivity index is 1.91. The number of aromatic nitrogens is 2. The van der Waals surface area contributed by atoms with E-state index in [1.54, 1.807) is 30.1 Å². The summed E-state index contributed by atoms with van der Waals surface area (Å²) in [7, 11) is -1.39. The van der Waals surface area contributed by atoms with Gasteiger partial charge in [-0.15, -0.1) is 0 Å². The molecule has 1 amide bonds. The highest BCUT2D eigenvalue weighted by Crippen LogP contribution is 2.23. The van der Waals surface area contributed by atoms with Crippen molar-refractivity contribution in [2.75, 3.05) is 18.6 Å². The summed E-state index contributed by atoms with van der Waals surface area (Å²) in [5, 5.41) is 4.94. The van der Waals surface area contributed by atoms with Crippen molar-refractivity contribution in [2.24, 2.45) is 0 Å². The molecule has 8 heteroatoms. The predicted molar refractivity (Wildman–Crippen MR) is 97.1 cm³/mol. The molecule has 3 rings (SSSR count). The summed E-state index contributed by atoms with van der Waals surface area (Å²) in [5.74, 6) is -0.0381. The lowest BCUT2D eigenvalue weighted by molar-refractivity contribution is 0.0746. The van der Waals surface area contributed by atoms with Crippen molar-refractivity contribution < 1.29 is 13.2 Å². The zero-order chi connectivity index (χ0) is 18.2. The maximum Gasteiger partial charge on any atom is 0.257 e. The smallest absolute Gasteiger partial charge is 0.257 e. The highest BCUT2D eigenvalue weighted by atomic mass is 35.5. The summed E-state index contributed by atoms with van der Waals surface area (Å²) in [6, 6.07) is 6.99. The molecule has 25 heavy (non-hydrogen) atoms. The molecule has 1 fully saturated rings. The van der Waals surface area contributed by atoms with E-state index in [0.717, 1.165) is 11.4 Å². The lowest BCUT2D eigenvalue weighted by Gasteiger charge is -2.23. The SMILES string of the molecule is CCc1c(C(=O)N(C)C2CCS(=O)(=O)C2)cnn1-c1cccc(Cl)c1. The van der Waals surface area contributed by atoms with Gasteiger partial charge in [0.25, 0.3) is 5.91 Å². The van der Waals surface area contributed by atoms with Crippen LogP contribution < -0.4 is 0 Å². The van der Waals surface area contributed by atoms with E-state index in [4.69, 9.17) is 11.6 Å². The van der Waals surface area contributed by atoms with Crippen molar-refractivity contribution in [3.63, 3.8) is 0 Å². The minimum atomic E-state index is -3.04. The predicted octanol–water partition coefficient (Wildman–Crippen LogP) is 2.35. The van der Waals surface area contributed by atoms with Gasteiger partial charge in [0.2, 0.25) is 0 Å². The fraction of sp³-hybridized carbons (Fsp3) is 0.412. The normalized spacial score (nSPS) is 19.1. The van der Waals surface area contributed by atoms with E-state index in [1.165, 1.54) is 4.90 Å². The molecule has 0 aliphatic carbocycles. The highest BCUT2D eigenvalue weighted by molar-refractivity contribution is 7.91. The molecule has 0 saturated carbocycles. The molecule has 1 saturated heterocycles. The van der Waals surface area contributed by atoms with Crippen LogP contribution in [0.25, 0.3) is 5.69 Å². The van der Waals surface area contributed by atoms with Gasteiger partial charge in [-0.25, -0.2) is 13.1 Å². The van der Waals surface area contributed by atoms with Crippen LogP contribution in [-0.2, 0) is 16.3 Å². The molecule has 0 N–H and O–H groups in total. The van der Waals surface area contributed by atoms with E-state index < -0.39 is 9.84 Å². The number of nitrogens with zero attached hydrogens (tertiary/aromatic N) is 3. The Morgan fingerprint density at radius 2 is 2.20 bits per heavy atom. The van der Waals surface area contributed by atoms with E-state index in [-0.39, 0.29) is 23.5 Å². The van der Waals surface area contributed by atoms with Crippen LogP contribution in [0.2, 0.25) is 5.02 Å². The fourth-order valence-electron chi connectivity index (χ4n) is 3.16. The van der Waals surface area contributed by atoms with E-state index in [0.29, 0.717) is 23.4 Å². The molecule has 6 nitrogen and oxygen atoms in total. The Bertz CT molecular complexity index is 908. The van der Waals surface area contributed by atoms with Crippen LogP contribution in [0.3, 0.4) is 0 Å². The molecule has 1 aliphatic heterocycles. The van der Waals surface area contributed by atoms with Gasteiger partial charge in [0.05, 0.1) is 34.6 Å². The van der Waals surface area contributed by atoms with Gasteiger partial charge in [0.1, 0.15) is 0 Å². The lowest BCUT2D eigenvalue weighted by atomic mass is 10.1. The van der Waals surface area contributed by atoms with Crippen molar-refractivity contribution in [2.45, 2.75) is 25.8 Å². The van der Waals surface area contributed by atoms with Crippen molar-refractivity contribution >= 4 is 27.3 Å². The molecule has 1 atom stereocenters. The number of carbonyl (C=O) groups excluding carboxylic acids is 1. The van der Waals surface area contributed by atoms with Gasteiger partial charge in [-0.2, -0.15) is 5.10 Å². The Hall–Kier alpha value is -1.86. The van der Waals surface area contributed by atoms with E-state index in [9.17, 15) is 13.2 Å². The fourth-order valence-corrected chi connectivity index (χ4v) is 5.12. The monoisotopic (exact) mass is 381 g/mol. The standard InChI is InChI=1S/C17H20ClN3O3S/c1-3-16-15(10-19-21(16)13-6-4-5-12(18)9-13)17(22)20(2)14-7-8-25(23,24)11-14/h4-6,9-10,14H,3,7-8,11H2,1-2H3. The summed E-state index contributed by atoms with van der Waals surface area (Å²) in [6.07, 6.45) is 2.64. The third-order valence-corrected chi connectivity index (χ3v) is 6.55. The molecule has 2 aromatic rings. The van der Waals surface area contributed by atoms with Crippen LogP contribution in [-0.4, -0.2) is 53.6 Å². The molecule has 134 valence electrons. The second kappa shape index (κ2) is 6.80. The third-order valence-electron chi connectivity index (χ3n) is 4.56. The summed E-state index contributed by atoms with van der Waals surface area (Å²) in [6.45, 7) is 1.95. The second-order valence-corrected chi connectivity index (χ2v) is 8.89. The van der Waals surface area contributed by atoms with Crippen LogP contribution in [0, 0.1) is 0 Å². The lowest BCUT2D eigenvalue weighted by Crippen LogP contribution is -2.38. The Labute approximate surface area is 152 Å². The van der Waals surface area contributed by atoms with E-state index in [2.05, 4.69) is 5.10 Å². The first-order valence-corrected chi connectivity index (χ1v) is 10.3. The zero-order valence-corrected chi connectivity index (χ0v) is 15.7.